The number of hydrogen-bond acceptors (Lipinski definition) is 2. The predicted molar refractivity (Wildman–Crippen MR) is 52.2 cm³/mol. The highest BCUT2D eigenvalue weighted by atomic mass is 16.1. The molecule has 0 N–H and O–H groups in total. The van der Waals surface area contributed by atoms with Crippen molar-refractivity contribution < 1.29 is 4.79 Å². The summed E-state index contributed by atoms with van der Waals surface area (Å²) in [5.74, 6) is 1.38. The summed E-state index contributed by atoms with van der Waals surface area (Å²) in [6.45, 7) is 0.429. The first-order valence-electron chi connectivity index (χ1n) is 5.40. The number of nitrogens with zero attached hydrogens (tertiary/aromatic N) is 2. The molecule has 3 heteroatoms. The van der Waals surface area contributed by atoms with Crippen LogP contribution >= 0.6 is 0 Å². The number of carbonyl (C=O) groups is 1. The number of aromatic nitrogens is 2. The van der Waals surface area contributed by atoms with Crippen molar-refractivity contribution in [3.63, 3.8) is 0 Å². The molecule has 2 fully saturated rings. The smallest absolute Gasteiger partial charge is 0.141 e. The average molecular weight is 190 g/mol. The maximum atomic E-state index is 10.5. The monoisotopic (exact) mass is 190 g/mol. The van der Waals surface area contributed by atoms with Gasteiger partial charge in [0.2, 0.25) is 0 Å². The number of aldehydes is 1. The van der Waals surface area contributed by atoms with E-state index < -0.39 is 0 Å². The van der Waals surface area contributed by atoms with Crippen molar-refractivity contribution in [2.45, 2.75) is 44.1 Å². The first kappa shape index (κ1) is 8.21. The van der Waals surface area contributed by atoms with E-state index in [1.54, 1.807) is 0 Å². The van der Waals surface area contributed by atoms with Crippen molar-refractivity contribution in [2.24, 2.45) is 0 Å². The molecule has 2 aliphatic rings. The summed E-state index contributed by atoms with van der Waals surface area (Å²) in [6, 6.07) is 2.22. The second kappa shape index (κ2) is 2.94. The normalized spacial score (nSPS) is 21.1. The van der Waals surface area contributed by atoms with Gasteiger partial charge in [0.15, 0.2) is 0 Å². The summed E-state index contributed by atoms with van der Waals surface area (Å²) in [6.07, 6.45) is 6.04. The molecule has 2 saturated carbocycles. The zero-order valence-electron chi connectivity index (χ0n) is 8.15. The molecular formula is C11H14N2O. The standard InChI is InChI=1S/C11H14N2O/c14-6-5-13-11(9-3-4-9)7-10(12-13)8-1-2-8/h6-9H,1-5H2. The number of carbonyl (C=O) groups excluding carboxylic acids is 1. The first-order valence-corrected chi connectivity index (χ1v) is 5.40. The quantitative estimate of drug-likeness (QED) is 0.679. The Balaban J connectivity index is 1.92. The average Bonchev–Trinajstić information content (AvgIpc) is 3.07. The van der Waals surface area contributed by atoms with E-state index in [0.29, 0.717) is 18.4 Å². The van der Waals surface area contributed by atoms with Crippen LogP contribution < -0.4 is 0 Å². The largest absolute Gasteiger partial charge is 0.301 e. The molecule has 1 heterocycles. The van der Waals surface area contributed by atoms with E-state index in [0.717, 1.165) is 6.29 Å². The van der Waals surface area contributed by atoms with Crippen molar-refractivity contribution in [2.75, 3.05) is 0 Å². The third-order valence-electron chi connectivity index (χ3n) is 3.07. The predicted octanol–water partition coefficient (Wildman–Crippen LogP) is 1.84. The van der Waals surface area contributed by atoms with Gasteiger partial charge in [0.1, 0.15) is 6.29 Å². The van der Waals surface area contributed by atoms with Gasteiger partial charge in [0, 0.05) is 17.5 Å². The minimum Gasteiger partial charge on any atom is -0.301 e. The van der Waals surface area contributed by atoms with Crippen molar-refractivity contribution in [3.8, 4) is 0 Å². The van der Waals surface area contributed by atoms with Crippen LogP contribution in [0.3, 0.4) is 0 Å². The molecule has 0 atom stereocenters. The molecule has 1 aromatic rings. The van der Waals surface area contributed by atoms with Crippen LogP contribution in [0.1, 0.15) is 48.9 Å². The summed E-state index contributed by atoms with van der Waals surface area (Å²) >= 11 is 0. The molecule has 0 aliphatic heterocycles. The maximum Gasteiger partial charge on any atom is 0.141 e. The fourth-order valence-corrected chi connectivity index (χ4v) is 1.96. The van der Waals surface area contributed by atoms with Crippen LogP contribution in [-0.4, -0.2) is 16.1 Å². The second-order valence-corrected chi connectivity index (χ2v) is 4.39. The zero-order valence-corrected chi connectivity index (χ0v) is 8.15. The lowest BCUT2D eigenvalue weighted by Crippen LogP contribution is -2.05. The van der Waals surface area contributed by atoms with Crippen LogP contribution in [0.25, 0.3) is 0 Å². The Hall–Kier alpha value is -1.12. The molecule has 0 amide bonds. The minimum absolute atomic E-state index is 0.429. The zero-order chi connectivity index (χ0) is 9.54. The van der Waals surface area contributed by atoms with Gasteiger partial charge in [-0.3, -0.25) is 4.68 Å². The van der Waals surface area contributed by atoms with Gasteiger partial charge in [-0.1, -0.05) is 0 Å². The van der Waals surface area contributed by atoms with Crippen LogP contribution in [0.15, 0.2) is 6.07 Å². The molecule has 0 aromatic carbocycles. The topological polar surface area (TPSA) is 34.9 Å². The van der Waals surface area contributed by atoms with E-state index in [-0.39, 0.29) is 0 Å². The molecule has 3 rings (SSSR count). The molecule has 1 aromatic heterocycles. The molecule has 0 saturated heterocycles. The Bertz CT molecular complexity index is 361. The van der Waals surface area contributed by atoms with E-state index in [4.69, 9.17) is 0 Å². The van der Waals surface area contributed by atoms with Gasteiger partial charge >= 0.3 is 0 Å². The molecule has 2 aliphatic carbocycles. The van der Waals surface area contributed by atoms with Gasteiger partial charge in [0.05, 0.1) is 12.2 Å². The van der Waals surface area contributed by atoms with Crippen LogP contribution in [-0.2, 0) is 11.3 Å². The van der Waals surface area contributed by atoms with Crippen molar-refractivity contribution in [3.05, 3.63) is 17.5 Å². The van der Waals surface area contributed by atoms with E-state index in [1.165, 1.54) is 37.1 Å². The fraction of sp³-hybridized carbons (Fsp3) is 0.636. The van der Waals surface area contributed by atoms with Gasteiger partial charge in [0.25, 0.3) is 0 Å². The first-order chi connectivity index (χ1) is 6.88. The highest BCUT2D eigenvalue weighted by molar-refractivity contribution is 5.49. The summed E-state index contributed by atoms with van der Waals surface area (Å²) < 4.78 is 1.90. The Labute approximate surface area is 83.1 Å². The maximum absolute atomic E-state index is 10.5. The highest BCUT2D eigenvalue weighted by Gasteiger charge is 2.32. The lowest BCUT2D eigenvalue weighted by atomic mass is 10.2. The van der Waals surface area contributed by atoms with Crippen LogP contribution in [0, 0.1) is 0 Å². The Kier molecular flexibility index (Phi) is 1.72. The molecule has 0 radical (unpaired) electrons. The SMILES string of the molecule is O=CCn1nc(C2CC2)cc1C1CC1. The van der Waals surface area contributed by atoms with Crippen molar-refractivity contribution in [1.29, 1.82) is 0 Å². The summed E-state index contributed by atoms with van der Waals surface area (Å²) in [5, 5.41) is 4.51. The number of hydrogen-bond donors (Lipinski definition) is 0. The van der Waals surface area contributed by atoms with Gasteiger partial charge < -0.3 is 4.79 Å². The highest BCUT2D eigenvalue weighted by Crippen LogP contribution is 2.44. The van der Waals surface area contributed by atoms with Crippen LogP contribution in [0.2, 0.25) is 0 Å². The van der Waals surface area contributed by atoms with Crippen LogP contribution in [0.4, 0.5) is 0 Å². The third kappa shape index (κ3) is 1.37. The minimum atomic E-state index is 0.429. The molecular weight excluding hydrogens is 176 g/mol. The molecule has 0 bridgehead atoms. The van der Waals surface area contributed by atoms with E-state index >= 15 is 0 Å². The molecule has 3 nitrogen and oxygen atoms in total. The van der Waals surface area contributed by atoms with Crippen molar-refractivity contribution >= 4 is 6.29 Å². The fourth-order valence-electron chi connectivity index (χ4n) is 1.96. The molecule has 14 heavy (non-hydrogen) atoms. The van der Waals surface area contributed by atoms with Gasteiger partial charge in [-0.2, -0.15) is 5.10 Å². The molecule has 74 valence electrons. The Morgan fingerprint density at radius 2 is 2.07 bits per heavy atom. The summed E-state index contributed by atoms with van der Waals surface area (Å²) in [4.78, 5) is 10.5. The molecule has 0 unspecified atom stereocenters. The van der Waals surface area contributed by atoms with Crippen LogP contribution in [0.5, 0.6) is 0 Å². The van der Waals surface area contributed by atoms with E-state index in [2.05, 4.69) is 11.2 Å². The lowest BCUT2D eigenvalue weighted by Gasteiger charge is -1.99. The van der Waals surface area contributed by atoms with Gasteiger partial charge in [-0.15, -0.1) is 0 Å². The van der Waals surface area contributed by atoms with Gasteiger partial charge in [-0.25, -0.2) is 0 Å². The summed E-state index contributed by atoms with van der Waals surface area (Å²) in [5.41, 5.74) is 2.51. The van der Waals surface area contributed by atoms with Crippen molar-refractivity contribution in [1.82, 2.24) is 9.78 Å². The van der Waals surface area contributed by atoms with E-state index in [9.17, 15) is 4.79 Å². The molecule has 0 spiro atoms. The van der Waals surface area contributed by atoms with E-state index in [1.807, 2.05) is 4.68 Å². The Morgan fingerprint density at radius 3 is 2.64 bits per heavy atom. The lowest BCUT2D eigenvalue weighted by molar-refractivity contribution is -0.108. The summed E-state index contributed by atoms with van der Waals surface area (Å²) in [7, 11) is 0. The second-order valence-electron chi connectivity index (χ2n) is 4.39. The van der Waals surface area contributed by atoms with Gasteiger partial charge in [-0.05, 0) is 31.7 Å². The third-order valence-corrected chi connectivity index (χ3v) is 3.07. The Morgan fingerprint density at radius 1 is 1.36 bits per heavy atom. The number of rotatable bonds is 4.